The molecule has 0 N–H and O–H groups in total. The molecule has 0 saturated heterocycles. The van der Waals surface area contributed by atoms with Crippen LogP contribution in [0.5, 0.6) is 0 Å². The maximum atomic E-state index is 6.01. The molecule has 1 heterocycles. The lowest BCUT2D eigenvalue weighted by Crippen LogP contribution is -1.64. The van der Waals surface area contributed by atoms with Crippen molar-refractivity contribution in [3.05, 3.63) is 34.2 Å². The summed E-state index contributed by atoms with van der Waals surface area (Å²) in [6, 6.07) is 8.08. The molecule has 12 heavy (non-hydrogen) atoms. The summed E-state index contributed by atoms with van der Waals surface area (Å²) in [7, 11) is 0. The lowest BCUT2D eigenvalue weighted by molar-refractivity contribution is 1.58. The molecule has 1 aromatic carbocycles. The number of benzene rings is 1. The van der Waals surface area contributed by atoms with Crippen molar-refractivity contribution in [3.63, 3.8) is 0 Å². The lowest BCUT2D eigenvalue weighted by atomic mass is 10.2. The van der Waals surface area contributed by atoms with Crippen LogP contribution >= 0.6 is 35.6 Å². The maximum Gasteiger partial charge on any atom is 0.0492 e. The van der Waals surface area contributed by atoms with Crippen molar-refractivity contribution in [2.75, 3.05) is 0 Å². The van der Waals surface area contributed by atoms with Gasteiger partial charge in [0.1, 0.15) is 0 Å². The van der Waals surface area contributed by atoms with Crippen LogP contribution in [0.1, 0.15) is 4.88 Å². The highest BCUT2D eigenvalue weighted by Crippen LogP contribution is 2.31. The van der Waals surface area contributed by atoms with Crippen molar-refractivity contribution in [2.45, 2.75) is 5.75 Å². The third-order valence-corrected chi connectivity index (χ3v) is 3.70. The number of thiol groups is 1. The number of thiophene rings is 1. The van der Waals surface area contributed by atoms with Gasteiger partial charge in [0, 0.05) is 25.7 Å². The molecule has 0 bridgehead atoms. The zero-order valence-corrected chi connectivity index (χ0v) is 8.72. The summed E-state index contributed by atoms with van der Waals surface area (Å²) in [6.07, 6.45) is 0. The van der Waals surface area contributed by atoms with Gasteiger partial charge in [0.2, 0.25) is 0 Å². The second kappa shape index (κ2) is 3.29. The van der Waals surface area contributed by atoms with Crippen LogP contribution in [-0.2, 0) is 5.75 Å². The minimum Gasteiger partial charge on any atom is -0.174 e. The third-order valence-electron chi connectivity index (χ3n) is 1.72. The summed E-state index contributed by atoms with van der Waals surface area (Å²) in [4.78, 5) is 1.27. The molecule has 0 unspecified atom stereocenters. The molecule has 0 fully saturated rings. The Bertz CT molecular complexity index is 406. The molecule has 0 aliphatic heterocycles. The van der Waals surface area contributed by atoms with Crippen LogP contribution in [0.3, 0.4) is 0 Å². The van der Waals surface area contributed by atoms with E-state index in [0.717, 1.165) is 16.2 Å². The molecule has 2 aromatic rings. The van der Waals surface area contributed by atoms with Crippen LogP contribution in [0.25, 0.3) is 10.1 Å². The Morgan fingerprint density at radius 3 is 2.92 bits per heavy atom. The van der Waals surface area contributed by atoms with Gasteiger partial charge >= 0.3 is 0 Å². The molecule has 0 aliphatic carbocycles. The third kappa shape index (κ3) is 1.35. The first-order chi connectivity index (χ1) is 5.81. The van der Waals surface area contributed by atoms with Crippen molar-refractivity contribution in [2.24, 2.45) is 0 Å². The monoisotopic (exact) mass is 214 g/mol. The minimum absolute atomic E-state index is 0.787. The van der Waals surface area contributed by atoms with Gasteiger partial charge in [-0.3, -0.25) is 0 Å². The normalized spacial score (nSPS) is 10.8. The Morgan fingerprint density at radius 2 is 2.25 bits per heavy atom. The quantitative estimate of drug-likeness (QED) is 0.682. The van der Waals surface area contributed by atoms with Gasteiger partial charge in [-0.1, -0.05) is 17.7 Å². The van der Waals surface area contributed by atoms with E-state index in [4.69, 9.17) is 11.6 Å². The number of halogens is 1. The van der Waals surface area contributed by atoms with Crippen molar-refractivity contribution < 1.29 is 0 Å². The fourth-order valence-corrected chi connectivity index (χ4v) is 2.68. The van der Waals surface area contributed by atoms with Crippen LogP contribution in [0.2, 0.25) is 5.02 Å². The van der Waals surface area contributed by atoms with Gasteiger partial charge in [0.05, 0.1) is 0 Å². The van der Waals surface area contributed by atoms with Crippen molar-refractivity contribution in [1.29, 1.82) is 0 Å². The van der Waals surface area contributed by atoms with E-state index in [1.165, 1.54) is 9.58 Å². The van der Waals surface area contributed by atoms with E-state index in [1.807, 2.05) is 12.1 Å². The highest BCUT2D eigenvalue weighted by Gasteiger charge is 2.02. The number of rotatable bonds is 1. The first-order valence-corrected chi connectivity index (χ1v) is 5.42. The zero-order valence-electron chi connectivity index (χ0n) is 6.25. The van der Waals surface area contributed by atoms with Gasteiger partial charge < -0.3 is 0 Å². The van der Waals surface area contributed by atoms with E-state index >= 15 is 0 Å². The molecule has 0 amide bonds. The van der Waals surface area contributed by atoms with Crippen LogP contribution in [-0.4, -0.2) is 0 Å². The van der Waals surface area contributed by atoms with E-state index in [9.17, 15) is 0 Å². The Kier molecular flexibility index (Phi) is 2.31. The first kappa shape index (κ1) is 8.42. The van der Waals surface area contributed by atoms with Gasteiger partial charge in [-0.15, -0.1) is 11.3 Å². The van der Waals surface area contributed by atoms with E-state index in [1.54, 1.807) is 11.3 Å². The molecular weight excluding hydrogens is 208 g/mol. The molecule has 3 heteroatoms. The summed E-state index contributed by atoms with van der Waals surface area (Å²) in [5.41, 5.74) is 0. The molecule has 0 spiro atoms. The number of fused-ring (bicyclic) bond motifs is 1. The molecular formula is C9H7ClS2. The van der Waals surface area contributed by atoms with Crippen LogP contribution < -0.4 is 0 Å². The van der Waals surface area contributed by atoms with Crippen molar-refractivity contribution >= 4 is 45.7 Å². The number of hydrogen-bond acceptors (Lipinski definition) is 2. The standard InChI is InChI=1S/C9H7ClS2/c10-8-2-1-3-9-7(8)4-6(5-11)12-9/h1-4,11H,5H2. The Balaban J connectivity index is 2.74. The van der Waals surface area contributed by atoms with E-state index in [0.29, 0.717) is 0 Å². The second-order valence-corrected chi connectivity index (χ2v) is 4.41. The van der Waals surface area contributed by atoms with Gasteiger partial charge in [0.25, 0.3) is 0 Å². The molecule has 0 atom stereocenters. The molecule has 0 nitrogen and oxygen atoms in total. The summed E-state index contributed by atoms with van der Waals surface area (Å²) in [5, 5.41) is 1.98. The summed E-state index contributed by atoms with van der Waals surface area (Å²) >= 11 is 12.0. The van der Waals surface area contributed by atoms with Gasteiger partial charge in [-0.2, -0.15) is 12.6 Å². The van der Waals surface area contributed by atoms with Gasteiger partial charge in [0.15, 0.2) is 0 Å². The summed E-state index contributed by atoms with van der Waals surface area (Å²) < 4.78 is 1.24. The van der Waals surface area contributed by atoms with Crippen LogP contribution in [0.15, 0.2) is 24.3 Å². The highest BCUT2D eigenvalue weighted by molar-refractivity contribution is 7.79. The summed E-state index contributed by atoms with van der Waals surface area (Å²) in [6.45, 7) is 0. The SMILES string of the molecule is SCc1cc2c(Cl)cccc2s1. The molecule has 62 valence electrons. The zero-order chi connectivity index (χ0) is 8.55. The van der Waals surface area contributed by atoms with E-state index in [-0.39, 0.29) is 0 Å². The average Bonchev–Trinajstić information content (AvgIpc) is 2.49. The Hall–Kier alpha value is -0.180. The number of hydrogen-bond donors (Lipinski definition) is 1. The minimum atomic E-state index is 0.787. The Labute approximate surface area is 85.6 Å². The van der Waals surface area contributed by atoms with Crippen molar-refractivity contribution in [1.82, 2.24) is 0 Å². The fourth-order valence-electron chi connectivity index (χ4n) is 1.16. The molecule has 0 aliphatic rings. The fraction of sp³-hybridized carbons (Fsp3) is 0.111. The van der Waals surface area contributed by atoms with E-state index in [2.05, 4.69) is 24.8 Å². The van der Waals surface area contributed by atoms with Gasteiger partial charge in [-0.05, 0) is 18.2 Å². The highest BCUT2D eigenvalue weighted by atomic mass is 35.5. The maximum absolute atomic E-state index is 6.01. The second-order valence-electron chi connectivity index (χ2n) is 2.52. The largest absolute Gasteiger partial charge is 0.174 e. The molecule has 0 radical (unpaired) electrons. The smallest absolute Gasteiger partial charge is 0.0492 e. The average molecular weight is 215 g/mol. The van der Waals surface area contributed by atoms with Gasteiger partial charge in [-0.25, -0.2) is 0 Å². The Morgan fingerprint density at radius 1 is 1.42 bits per heavy atom. The first-order valence-electron chi connectivity index (χ1n) is 3.59. The lowest BCUT2D eigenvalue weighted by Gasteiger charge is -1.89. The molecule has 2 rings (SSSR count). The van der Waals surface area contributed by atoms with Crippen molar-refractivity contribution in [3.8, 4) is 0 Å². The van der Waals surface area contributed by atoms with Crippen LogP contribution in [0, 0.1) is 0 Å². The predicted molar refractivity (Wildman–Crippen MR) is 59.5 cm³/mol. The topological polar surface area (TPSA) is 0 Å². The van der Waals surface area contributed by atoms with Crippen LogP contribution in [0.4, 0.5) is 0 Å². The van der Waals surface area contributed by atoms with E-state index < -0.39 is 0 Å². The molecule has 1 aromatic heterocycles. The summed E-state index contributed by atoms with van der Waals surface area (Å²) in [5.74, 6) is 0.787. The molecule has 0 saturated carbocycles. The predicted octanol–water partition coefficient (Wildman–Crippen LogP) is 3.98.